The maximum Gasteiger partial charge on any atom is 0.410 e. The predicted molar refractivity (Wildman–Crippen MR) is 86.5 cm³/mol. The van der Waals surface area contributed by atoms with Crippen LogP contribution in [0.4, 0.5) is 4.79 Å². The van der Waals surface area contributed by atoms with Gasteiger partial charge in [-0.15, -0.1) is 0 Å². The molecule has 4 heteroatoms. The Balaban J connectivity index is 2.10. The van der Waals surface area contributed by atoms with Crippen LogP contribution in [0.2, 0.25) is 0 Å². The number of hydrogen-bond donors (Lipinski definition) is 1. The molecule has 2 unspecified atom stereocenters. The number of ether oxygens (including phenoxy) is 1. The first-order valence-electron chi connectivity index (χ1n) is 7.92. The summed E-state index contributed by atoms with van der Waals surface area (Å²) in [5, 5.41) is 10.8. The van der Waals surface area contributed by atoms with E-state index in [1.54, 1.807) is 4.90 Å². The molecule has 22 heavy (non-hydrogen) atoms. The molecule has 0 bridgehead atoms. The average molecular weight is 305 g/mol. The van der Waals surface area contributed by atoms with Gasteiger partial charge in [0.2, 0.25) is 0 Å². The number of carbonyl (C=O) groups excluding carboxylic acids is 1. The molecule has 1 saturated heterocycles. The number of aliphatic hydroxyl groups excluding tert-OH is 1. The van der Waals surface area contributed by atoms with Crippen molar-refractivity contribution in [2.24, 2.45) is 5.41 Å². The van der Waals surface area contributed by atoms with Crippen LogP contribution in [0.25, 0.3) is 0 Å². The summed E-state index contributed by atoms with van der Waals surface area (Å²) in [5.41, 5.74) is 0.0514. The van der Waals surface area contributed by atoms with Gasteiger partial charge < -0.3 is 14.7 Å². The number of amides is 1. The molecule has 1 aliphatic rings. The van der Waals surface area contributed by atoms with Crippen LogP contribution < -0.4 is 0 Å². The molecule has 1 fully saturated rings. The third-order valence-electron chi connectivity index (χ3n) is 4.16. The number of piperidine rings is 1. The zero-order valence-corrected chi connectivity index (χ0v) is 14.0. The molecule has 1 aliphatic heterocycles. The van der Waals surface area contributed by atoms with Crippen molar-refractivity contribution in [3.63, 3.8) is 0 Å². The van der Waals surface area contributed by atoms with Gasteiger partial charge in [-0.1, -0.05) is 37.3 Å². The van der Waals surface area contributed by atoms with E-state index in [0.29, 0.717) is 13.1 Å². The summed E-state index contributed by atoms with van der Waals surface area (Å²) in [6, 6.07) is 9.66. The standard InChI is InChI=1S/C18H27NO3/c1-17(2,3)22-16(21)19-12-8-11-18(4,13-19)15(20)14-9-6-5-7-10-14/h5-7,9-10,15,20H,8,11-13H2,1-4H3. The van der Waals surface area contributed by atoms with Crippen molar-refractivity contribution < 1.29 is 14.6 Å². The van der Waals surface area contributed by atoms with Gasteiger partial charge >= 0.3 is 6.09 Å². The first-order chi connectivity index (χ1) is 10.2. The SMILES string of the molecule is CC(C)(C)OC(=O)N1CCCC(C)(C(O)c2ccccc2)C1. The molecular formula is C18H27NO3. The van der Waals surface area contributed by atoms with E-state index in [4.69, 9.17) is 4.74 Å². The van der Waals surface area contributed by atoms with E-state index in [1.165, 1.54) is 0 Å². The molecule has 122 valence electrons. The second kappa shape index (κ2) is 6.29. The Morgan fingerprint density at radius 2 is 1.95 bits per heavy atom. The van der Waals surface area contributed by atoms with Crippen LogP contribution in [-0.2, 0) is 4.74 Å². The van der Waals surface area contributed by atoms with Gasteiger partial charge in [0, 0.05) is 18.5 Å². The first-order valence-corrected chi connectivity index (χ1v) is 7.92. The average Bonchev–Trinajstić information content (AvgIpc) is 2.45. The second-order valence-corrected chi connectivity index (χ2v) is 7.47. The molecule has 0 spiro atoms. The minimum absolute atomic E-state index is 0.293. The molecule has 0 radical (unpaired) electrons. The van der Waals surface area contributed by atoms with Crippen LogP contribution >= 0.6 is 0 Å². The summed E-state index contributed by atoms with van der Waals surface area (Å²) in [5.74, 6) is 0. The maximum atomic E-state index is 12.3. The molecule has 2 rings (SSSR count). The van der Waals surface area contributed by atoms with E-state index in [2.05, 4.69) is 0 Å². The van der Waals surface area contributed by atoms with Gasteiger partial charge in [0.25, 0.3) is 0 Å². The van der Waals surface area contributed by atoms with E-state index in [9.17, 15) is 9.90 Å². The van der Waals surface area contributed by atoms with Crippen molar-refractivity contribution in [1.29, 1.82) is 0 Å². The largest absolute Gasteiger partial charge is 0.444 e. The van der Waals surface area contributed by atoms with Crippen LogP contribution in [0.15, 0.2) is 30.3 Å². The molecule has 1 aromatic rings. The number of benzene rings is 1. The normalized spacial score (nSPS) is 24.0. The van der Waals surface area contributed by atoms with E-state index in [0.717, 1.165) is 18.4 Å². The summed E-state index contributed by atoms with van der Waals surface area (Å²) in [6.07, 6.45) is 0.889. The number of hydrogen-bond acceptors (Lipinski definition) is 3. The van der Waals surface area contributed by atoms with Crippen molar-refractivity contribution >= 4 is 6.09 Å². The first kappa shape index (κ1) is 16.8. The molecule has 1 aromatic carbocycles. The Morgan fingerprint density at radius 1 is 1.32 bits per heavy atom. The van der Waals surface area contributed by atoms with Crippen LogP contribution in [0.1, 0.15) is 52.2 Å². The van der Waals surface area contributed by atoms with Gasteiger partial charge in [0.05, 0.1) is 6.10 Å². The summed E-state index contributed by atoms with van der Waals surface area (Å²) >= 11 is 0. The lowest BCUT2D eigenvalue weighted by Crippen LogP contribution is -2.48. The topological polar surface area (TPSA) is 49.8 Å². The highest BCUT2D eigenvalue weighted by Crippen LogP contribution is 2.41. The Morgan fingerprint density at radius 3 is 2.55 bits per heavy atom. The Hall–Kier alpha value is -1.55. The fourth-order valence-corrected chi connectivity index (χ4v) is 3.01. The van der Waals surface area contributed by atoms with Gasteiger partial charge in [0.15, 0.2) is 0 Å². The van der Waals surface area contributed by atoms with E-state index >= 15 is 0 Å². The summed E-state index contributed by atoms with van der Waals surface area (Å²) in [6.45, 7) is 8.85. The third-order valence-corrected chi connectivity index (χ3v) is 4.16. The van der Waals surface area contributed by atoms with E-state index in [-0.39, 0.29) is 11.5 Å². The van der Waals surface area contributed by atoms with Gasteiger partial charge in [0.1, 0.15) is 5.60 Å². The smallest absolute Gasteiger partial charge is 0.410 e. The lowest BCUT2D eigenvalue weighted by atomic mass is 9.74. The quantitative estimate of drug-likeness (QED) is 0.905. The zero-order valence-electron chi connectivity index (χ0n) is 14.0. The van der Waals surface area contributed by atoms with Crippen LogP contribution in [0.3, 0.4) is 0 Å². The van der Waals surface area contributed by atoms with Crippen LogP contribution in [-0.4, -0.2) is 34.8 Å². The molecule has 0 saturated carbocycles. The highest BCUT2D eigenvalue weighted by molar-refractivity contribution is 5.68. The van der Waals surface area contributed by atoms with Crippen molar-refractivity contribution in [1.82, 2.24) is 4.90 Å². The summed E-state index contributed by atoms with van der Waals surface area (Å²) in [4.78, 5) is 14.0. The molecule has 2 atom stereocenters. The summed E-state index contributed by atoms with van der Waals surface area (Å²) in [7, 11) is 0. The zero-order chi connectivity index (χ0) is 16.4. The number of rotatable bonds is 2. The minimum atomic E-state index is -0.584. The predicted octanol–water partition coefficient (Wildman–Crippen LogP) is 3.76. The number of carbonyl (C=O) groups is 1. The molecule has 1 amide bonds. The molecular weight excluding hydrogens is 278 g/mol. The fraction of sp³-hybridized carbons (Fsp3) is 0.611. The molecule has 1 N–H and O–H groups in total. The molecule has 0 aliphatic carbocycles. The van der Waals surface area contributed by atoms with Crippen LogP contribution in [0.5, 0.6) is 0 Å². The van der Waals surface area contributed by atoms with Crippen molar-refractivity contribution in [2.75, 3.05) is 13.1 Å². The Labute approximate surface area is 133 Å². The van der Waals surface area contributed by atoms with Crippen LogP contribution in [0, 0.1) is 5.41 Å². The molecule has 1 heterocycles. The Kier molecular flexibility index (Phi) is 4.81. The highest BCUT2D eigenvalue weighted by Gasteiger charge is 2.40. The van der Waals surface area contributed by atoms with Crippen molar-refractivity contribution in [3.05, 3.63) is 35.9 Å². The third kappa shape index (κ3) is 4.01. The van der Waals surface area contributed by atoms with E-state index in [1.807, 2.05) is 58.0 Å². The number of likely N-dealkylation sites (tertiary alicyclic amines) is 1. The van der Waals surface area contributed by atoms with Gasteiger partial charge in [-0.05, 0) is 39.2 Å². The minimum Gasteiger partial charge on any atom is -0.444 e. The molecule has 0 aromatic heterocycles. The second-order valence-electron chi connectivity index (χ2n) is 7.47. The fourth-order valence-electron chi connectivity index (χ4n) is 3.01. The number of nitrogens with zero attached hydrogens (tertiary/aromatic N) is 1. The van der Waals surface area contributed by atoms with Gasteiger partial charge in [-0.2, -0.15) is 0 Å². The van der Waals surface area contributed by atoms with E-state index < -0.39 is 11.7 Å². The summed E-state index contributed by atoms with van der Waals surface area (Å²) < 4.78 is 5.46. The maximum absolute atomic E-state index is 12.3. The molecule has 4 nitrogen and oxygen atoms in total. The lowest BCUT2D eigenvalue weighted by molar-refractivity contribution is -0.0346. The highest BCUT2D eigenvalue weighted by atomic mass is 16.6. The number of aliphatic hydroxyl groups is 1. The van der Waals surface area contributed by atoms with Crippen molar-refractivity contribution in [2.45, 2.75) is 52.2 Å². The van der Waals surface area contributed by atoms with Gasteiger partial charge in [-0.25, -0.2) is 4.79 Å². The Bertz CT molecular complexity index is 509. The van der Waals surface area contributed by atoms with Crippen molar-refractivity contribution in [3.8, 4) is 0 Å². The lowest BCUT2D eigenvalue weighted by Gasteiger charge is -2.43. The monoisotopic (exact) mass is 305 g/mol. The van der Waals surface area contributed by atoms with Gasteiger partial charge in [-0.3, -0.25) is 0 Å².